The Kier molecular flexibility index (Phi) is 6.55. The van der Waals surface area contributed by atoms with Crippen molar-refractivity contribution in [1.82, 2.24) is 5.32 Å². The molecule has 0 heterocycles. The molecule has 4 N–H and O–H groups in total. The summed E-state index contributed by atoms with van der Waals surface area (Å²) in [5, 5.41) is 11.1. The summed E-state index contributed by atoms with van der Waals surface area (Å²) in [5.41, 5.74) is 6.19. The molecule has 0 saturated carbocycles. The third-order valence-electron chi connectivity index (χ3n) is 2.16. The van der Waals surface area contributed by atoms with E-state index >= 15 is 0 Å². The maximum Gasteiger partial charge on any atom is 0.408 e. The maximum atomic E-state index is 11.5. The van der Waals surface area contributed by atoms with Gasteiger partial charge >= 0.3 is 12.1 Å². The van der Waals surface area contributed by atoms with Crippen molar-refractivity contribution in [2.24, 2.45) is 5.73 Å². The molecule has 0 fully saturated rings. The smallest absolute Gasteiger partial charge is 0.408 e. The molecule has 0 aliphatic carbocycles. The number of nitrogens with two attached hydrogens (primary N) is 1. The van der Waals surface area contributed by atoms with Crippen LogP contribution in [0.5, 0.6) is 0 Å². The van der Waals surface area contributed by atoms with Gasteiger partial charge in [-0.3, -0.25) is 0 Å². The van der Waals surface area contributed by atoms with Gasteiger partial charge in [-0.05, 0) is 39.3 Å². The Morgan fingerprint density at radius 2 is 1.90 bits per heavy atom. The second kappa shape index (κ2) is 7.37. The number of carboxylic acid groups (broad SMARTS) is 1. The van der Waals surface area contributed by atoms with Crippen LogP contribution in [0, 0.1) is 0 Å². The van der Waals surface area contributed by atoms with Gasteiger partial charge in [0, 0.05) is 5.70 Å². The van der Waals surface area contributed by atoms with Gasteiger partial charge in [-0.2, -0.15) is 0 Å². The minimum absolute atomic E-state index is 0.0249. The van der Waals surface area contributed by atoms with Crippen LogP contribution >= 0.6 is 0 Å². The molecule has 0 radical (unpaired) electrons. The van der Waals surface area contributed by atoms with E-state index in [0.717, 1.165) is 5.57 Å². The van der Waals surface area contributed by atoms with Gasteiger partial charge in [-0.15, -0.1) is 0 Å². The van der Waals surface area contributed by atoms with Crippen LogP contribution in [0.4, 0.5) is 4.79 Å². The number of carbonyl (C=O) groups is 2. The zero-order chi connectivity index (χ0) is 15.9. The van der Waals surface area contributed by atoms with Gasteiger partial charge in [0.05, 0.1) is 0 Å². The van der Waals surface area contributed by atoms with Crippen LogP contribution in [0.3, 0.4) is 0 Å². The molecular weight excluding hydrogens is 260 g/mol. The number of nitrogens with one attached hydrogen (secondary N) is 1. The predicted octanol–water partition coefficient (Wildman–Crippen LogP) is 1.94. The summed E-state index contributed by atoms with van der Waals surface area (Å²) in [7, 11) is 0. The molecule has 0 rings (SSSR count). The lowest BCUT2D eigenvalue weighted by Gasteiger charge is -2.20. The summed E-state index contributed by atoms with van der Waals surface area (Å²) >= 11 is 0. The molecule has 0 saturated heterocycles. The van der Waals surface area contributed by atoms with Crippen molar-refractivity contribution >= 4 is 12.1 Å². The normalized spacial score (nSPS) is 12.8. The standard InChI is InChI=1S/C14H22N2O4/c1-9(2)6-11(7-10(3)15)8-20-13(19)16-14(4,5)12(17)18/h6-7H,1,8,15H2,2-5H3,(H,16,19)(H,17,18)/b10-7-,11-6+. The Bertz CT molecular complexity index is 458. The fraction of sp³-hybridized carbons (Fsp3) is 0.429. The van der Waals surface area contributed by atoms with E-state index in [1.165, 1.54) is 13.8 Å². The molecule has 1 amide bonds. The molecule has 0 atom stereocenters. The highest BCUT2D eigenvalue weighted by molar-refractivity contribution is 5.83. The molecule has 0 aromatic heterocycles. The average molecular weight is 282 g/mol. The van der Waals surface area contributed by atoms with Gasteiger partial charge in [0.2, 0.25) is 0 Å². The van der Waals surface area contributed by atoms with Crippen LogP contribution in [0.2, 0.25) is 0 Å². The monoisotopic (exact) mass is 282 g/mol. The first-order valence-corrected chi connectivity index (χ1v) is 6.03. The van der Waals surface area contributed by atoms with E-state index in [4.69, 9.17) is 15.6 Å². The molecule has 20 heavy (non-hydrogen) atoms. The number of alkyl carbamates (subject to hydrolysis) is 1. The van der Waals surface area contributed by atoms with Crippen molar-refractivity contribution in [3.63, 3.8) is 0 Å². The fourth-order valence-corrected chi connectivity index (χ4v) is 1.23. The summed E-state index contributed by atoms with van der Waals surface area (Å²) in [6.07, 6.45) is 2.57. The van der Waals surface area contributed by atoms with E-state index in [1.807, 2.05) is 0 Å². The predicted molar refractivity (Wildman–Crippen MR) is 77.0 cm³/mol. The molecule has 0 aliphatic rings. The highest BCUT2D eigenvalue weighted by Crippen LogP contribution is 2.07. The summed E-state index contributed by atoms with van der Waals surface area (Å²) in [5.74, 6) is -1.15. The largest absolute Gasteiger partial charge is 0.480 e. The van der Waals surface area contributed by atoms with Crippen LogP contribution in [0.25, 0.3) is 0 Å². The van der Waals surface area contributed by atoms with Crippen molar-refractivity contribution in [2.75, 3.05) is 6.61 Å². The summed E-state index contributed by atoms with van der Waals surface area (Å²) < 4.78 is 4.97. The van der Waals surface area contributed by atoms with E-state index < -0.39 is 17.6 Å². The second-order valence-electron chi connectivity index (χ2n) is 5.09. The number of carbonyl (C=O) groups excluding carboxylic acids is 1. The molecule has 0 unspecified atom stereocenters. The van der Waals surface area contributed by atoms with Gasteiger partial charge in [0.1, 0.15) is 12.1 Å². The van der Waals surface area contributed by atoms with Gasteiger partial charge in [0.15, 0.2) is 0 Å². The van der Waals surface area contributed by atoms with Gasteiger partial charge in [0.25, 0.3) is 0 Å². The summed E-state index contributed by atoms with van der Waals surface area (Å²) in [6.45, 7) is 9.95. The number of amides is 1. The Hall–Kier alpha value is -2.24. The molecular formula is C14H22N2O4. The van der Waals surface area contributed by atoms with Crippen LogP contribution in [0.1, 0.15) is 27.7 Å². The van der Waals surface area contributed by atoms with Crippen LogP contribution in [0.15, 0.2) is 35.6 Å². The van der Waals surface area contributed by atoms with Crippen molar-refractivity contribution < 1.29 is 19.4 Å². The SMILES string of the molecule is C=C(C)/C=C(\C=C(\C)N)COC(=O)NC(C)(C)C(=O)O. The highest BCUT2D eigenvalue weighted by atomic mass is 16.5. The number of hydrogen-bond acceptors (Lipinski definition) is 4. The van der Waals surface area contributed by atoms with E-state index in [0.29, 0.717) is 11.3 Å². The minimum atomic E-state index is -1.39. The van der Waals surface area contributed by atoms with E-state index in [-0.39, 0.29) is 6.61 Å². The molecule has 6 heteroatoms. The molecule has 112 valence electrons. The Morgan fingerprint density at radius 3 is 2.30 bits per heavy atom. The number of hydrogen-bond donors (Lipinski definition) is 3. The minimum Gasteiger partial charge on any atom is -0.480 e. The third kappa shape index (κ3) is 7.25. The summed E-state index contributed by atoms with van der Waals surface area (Å²) in [4.78, 5) is 22.4. The van der Waals surface area contributed by atoms with Gasteiger partial charge in [-0.25, -0.2) is 9.59 Å². The number of allylic oxidation sites excluding steroid dienone is 3. The molecule has 0 aromatic carbocycles. The van der Waals surface area contributed by atoms with E-state index in [1.54, 1.807) is 26.0 Å². The first-order valence-electron chi connectivity index (χ1n) is 6.03. The zero-order valence-electron chi connectivity index (χ0n) is 12.3. The average Bonchev–Trinajstić information content (AvgIpc) is 2.23. The van der Waals surface area contributed by atoms with Gasteiger partial charge in [-0.1, -0.05) is 18.2 Å². The Labute approximate surface area is 119 Å². The van der Waals surface area contributed by atoms with E-state index in [2.05, 4.69) is 11.9 Å². The molecule has 0 aliphatic heterocycles. The first kappa shape index (κ1) is 17.8. The Morgan fingerprint density at radius 1 is 1.35 bits per heavy atom. The van der Waals surface area contributed by atoms with Crippen molar-refractivity contribution in [2.45, 2.75) is 33.2 Å². The van der Waals surface area contributed by atoms with Crippen molar-refractivity contribution in [3.8, 4) is 0 Å². The van der Waals surface area contributed by atoms with Crippen LogP contribution < -0.4 is 11.1 Å². The maximum absolute atomic E-state index is 11.5. The first-order chi connectivity index (χ1) is 9.04. The number of ether oxygens (including phenoxy) is 1. The lowest BCUT2D eigenvalue weighted by Crippen LogP contribution is -2.49. The highest BCUT2D eigenvalue weighted by Gasteiger charge is 2.29. The topological polar surface area (TPSA) is 102 Å². The molecule has 6 nitrogen and oxygen atoms in total. The number of rotatable bonds is 6. The third-order valence-corrected chi connectivity index (χ3v) is 2.16. The number of aliphatic carboxylic acids is 1. The molecule has 0 aromatic rings. The van der Waals surface area contributed by atoms with Crippen LogP contribution in [-0.4, -0.2) is 29.3 Å². The lowest BCUT2D eigenvalue weighted by molar-refractivity contribution is -0.143. The lowest BCUT2D eigenvalue weighted by atomic mass is 10.1. The summed E-state index contributed by atoms with van der Waals surface area (Å²) in [6, 6.07) is 0. The zero-order valence-corrected chi connectivity index (χ0v) is 12.3. The van der Waals surface area contributed by atoms with E-state index in [9.17, 15) is 9.59 Å². The van der Waals surface area contributed by atoms with Crippen LogP contribution in [-0.2, 0) is 9.53 Å². The van der Waals surface area contributed by atoms with Crippen molar-refractivity contribution in [3.05, 3.63) is 35.6 Å². The fourth-order valence-electron chi connectivity index (χ4n) is 1.23. The van der Waals surface area contributed by atoms with Gasteiger partial charge < -0.3 is 20.9 Å². The molecule has 0 spiro atoms. The van der Waals surface area contributed by atoms with Crippen molar-refractivity contribution in [1.29, 1.82) is 0 Å². The second-order valence-corrected chi connectivity index (χ2v) is 5.09. The Balaban J connectivity index is 4.66. The molecule has 0 bridgehead atoms. The quantitative estimate of drug-likeness (QED) is 0.646. The number of carboxylic acids is 1.